The molecule has 0 bridgehead atoms. The van der Waals surface area contributed by atoms with Gasteiger partial charge in [-0.3, -0.25) is 9.58 Å². The zero-order valence-electron chi connectivity index (χ0n) is 9.61. The van der Waals surface area contributed by atoms with Crippen LogP contribution in [0.3, 0.4) is 0 Å². The molecule has 0 aromatic carbocycles. The molecule has 0 amide bonds. The second-order valence-electron chi connectivity index (χ2n) is 3.81. The summed E-state index contributed by atoms with van der Waals surface area (Å²) in [5, 5.41) is 12.7. The van der Waals surface area contributed by atoms with Crippen LogP contribution in [0.15, 0.2) is 12.3 Å². The average molecular weight is 251 g/mol. The Balaban J connectivity index is 2.47. The molecule has 1 rings (SSSR count). The number of aliphatic hydroxyl groups excluding tert-OH is 1. The minimum absolute atomic E-state index is 0.0252. The molecular formula is C10H16F3N3O. The lowest BCUT2D eigenvalue weighted by Crippen LogP contribution is -2.37. The van der Waals surface area contributed by atoms with E-state index >= 15 is 0 Å². The van der Waals surface area contributed by atoms with Crippen molar-refractivity contribution in [1.29, 1.82) is 0 Å². The number of alkyl halides is 3. The van der Waals surface area contributed by atoms with E-state index in [9.17, 15) is 13.2 Å². The number of hydrogen-bond donors (Lipinski definition) is 1. The van der Waals surface area contributed by atoms with E-state index in [0.29, 0.717) is 6.42 Å². The van der Waals surface area contributed by atoms with Crippen LogP contribution in [0.4, 0.5) is 13.2 Å². The SMILES string of the molecule is Cn1nccc1CCN(CCO)CC(F)(F)F. The summed E-state index contributed by atoms with van der Waals surface area (Å²) in [5.74, 6) is 0. The van der Waals surface area contributed by atoms with Crippen LogP contribution in [0.1, 0.15) is 5.69 Å². The highest BCUT2D eigenvalue weighted by atomic mass is 19.4. The van der Waals surface area contributed by atoms with Crippen LogP contribution in [0.5, 0.6) is 0 Å². The monoisotopic (exact) mass is 251 g/mol. The molecule has 4 nitrogen and oxygen atoms in total. The van der Waals surface area contributed by atoms with E-state index in [0.717, 1.165) is 5.69 Å². The fraction of sp³-hybridized carbons (Fsp3) is 0.700. The molecular weight excluding hydrogens is 235 g/mol. The topological polar surface area (TPSA) is 41.3 Å². The third-order valence-electron chi connectivity index (χ3n) is 2.43. The van der Waals surface area contributed by atoms with Gasteiger partial charge in [0, 0.05) is 38.4 Å². The van der Waals surface area contributed by atoms with Crippen molar-refractivity contribution in [3.05, 3.63) is 18.0 Å². The number of aromatic nitrogens is 2. The lowest BCUT2D eigenvalue weighted by molar-refractivity contribution is -0.146. The van der Waals surface area contributed by atoms with Gasteiger partial charge in [-0.2, -0.15) is 18.3 Å². The van der Waals surface area contributed by atoms with E-state index in [1.54, 1.807) is 24.0 Å². The van der Waals surface area contributed by atoms with Crippen LogP contribution < -0.4 is 0 Å². The van der Waals surface area contributed by atoms with Gasteiger partial charge in [0.1, 0.15) is 0 Å². The molecule has 1 aromatic rings. The zero-order chi connectivity index (χ0) is 12.9. The minimum atomic E-state index is -4.23. The predicted octanol–water partition coefficient (Wildman–Crippen LogP) is 0.819. The molecule has 0 aliphatic rings. The van der Waals surface area contributed by atoms with Crippen molar-refractivity contribution < 1.29 is 18.3 Å². The molecule has 1 heterocycles. The lowest BCUT2D eigenvalue weighted by atomic mass is 10.3. The molecule has 0 aliphatic carbocycles. The Morgan fingerprint density at radius 1 is 1.41 bits per heavy atom. The number of rotatable bonds is 6. The highest BCUT2D eigenvalue weighted by Gasteiger charge is 2.30. The maximum absolute atomic E-state index is 12.2. The van der Waals surface area contributed by atoms with Gasteiger partial charge in [-0.25, -0.2) is 0 Å². The minimum Gasteiger partial charge on any atom is -0.395 e. The fourth-order valence-corrected chi connectivity index (χ4v) is 1.58. The van der Waals surface area contributed by atoms with Crippen LogP contribution >= 0.6 is 0 Å². The smallest absolute Gasteiger partial charge is 0.395 e. The van der Waals surface area contributed by atoms with Crippen LogP contribution in [0.25, 0.3) is 0 Å². The third kappa shape index (κ3) is 5.18. The number of nitrogens with zero attached hydrogens (tertiary/aromatic N) is 3. The van der Waals surface area contributed by atoms with Gasteiger partial charge in [-0.05, 0) is 6.07 Å². The first-order valence-electron chi connectivity index (χ1n) is 5.29. The lowest BCUT2D eigenvalue weighted by Gasteiger charge is -2.22. The Hall–Kier alpha value is -1.08. The van der Waals surface area contributed by atoms with Gasteiger partial charge < -0.3 is 5.11 Å². The summed E-state index contributed by atoms with van der Waals surface area (Å²) in [4.78, 5) is 1.19. The van der Waals surface area contributed by atoms with Crippen molar-refractivity contribution >= 4 is 0 Å². The van der Waals surface area contributed by atoms with Crippen LogP contribution in [-0.4, -0.2) is 52.2 Å². The molecule has 0 spiro atoms. The van der Waals surface area contributed by atoms with E-state index in [-0.39, 0.29) is 19.7 Å². The maximum atomic E-state index is 12.2. The summed E-state index contributed by atoms with van der Waals surface area (Å²) < 4.78 is 38.3. The molecule has 0 saturated carbocycles. The maximum Gasteiger partial charge on any atom is 0.401 e. The molecule has 0 saturated heterocycles. The predicted molar refractivity (Wildman–Crippen MR) is 56.5 cm³/mol. The molecule has 0 radical (unpaired) electrons. The number of hydrogen-bond acceptors (Lipinski definition) is 3. The van der Waals surface area contributed by atoms with E-state index < -0.39 is 12.7 Å². The first-order chi connectivity index (χ1) is 7.92. The number of aliphatic hydroxyl groups is 1. The second kappa shape index (κ2) is 6.02. The second-order valence-corrected chi connectivity index (χ2v) is 3.81. The van der Waals surface area contributed by atoms with Crippen molar-refractivity contribution in [3.63, 3.8) is 0 Å². The number of aryl methyl sites for hydroxylation is 1. The van der Waals surface area contributed by atoms with E-state index in [1.165, 1.54) is 4.90 Å². The molecule has 0 atom stereocenters. The van der Waals surface area contributed by atoms with Crippen molar-refractivity contribution in [2.24, 2.45) is 7.05 Å². The molecule has 7 heteroatoms. The van der Waals surface area contributed by atoms with E-state index in [4.69, 9.17) is 5.11 Å². The van der Waals surface area contributed by atoms with Crippen LogP contribution in [0.2, 0.25) is 0 Å². The average Bonchev–Trinajstić information content (AvgIpc) is 2.59. The Kier molecular flexibility index (Phi) is 4.95. The highest BCUT2D eigenvalue weighted by Crippen LogP contribution is 2.16. The van der Waals surface area contributed by atoms with Crippen LogP contribution in [0, 0.1) is 0 Å². The van der Waals surface area contributed by atoms with E-state index in [2.05, 4.69) is 5.10 Å². The van der Waals surface area contributed by atoms with Gasteiger partial charge in [-0.1, -0.05) is 0 Å². The first-order valence-corrected chi connectivity index (χ1v) is 5.29. The van der Waals surface area contributed by atoms with Gasteiger partial charge in [0.2, 0.25) is 0 Å². The molecule has 0 fully saturated rings. The van der Waals surface area contributed by atoms with Gasteiger partial charge in [0.25, 0.3) is 0 Å². The Morgan fingerprint density at radius 3 is 2.59 bits per heavy atom. The van der Waals surface area contributed by atoms with Gasteiger partial charge in [-0.15, -0.1) is 0 Å². The summed E-state index contributed by atoms with van der Waals surface area (Å²) in [5.41, 5.74) is 0.870. The molecule has 0 unspecified atom stereocenters. The highest BCUT2D eigenvalue weighted by molar-refractivity contribution is 5.00. The summed E-state index contributed by atoms with van der Waals surface area (Å²) in [7, 11) is 1.75. The Morgan fingerprint density at radius 2 is 2.12 bits per heavy atom. The van der Waals surface area contributed by atoms with Gasteiger partial charge in [0.05, 0.1) is 13.2 Å². The van der Waals surface area contributed by atoms with Crippen molar-refractivity contribution in [2.75, 3.05) is 26.2 Å². The first kappa shape index (κ1) is 14.0. The Bertz CT molecular complexity index is 338. The quantitative estimate of drug-likeness (QED) is 0.813. The molecule has 98 valence electrons. The zero-order valence-corrected chi connectivity index (χ0v) is 9.61. The van der Waals surface area contributed by atoms with E-state index in [1.807, 2.05) is 0 Å². The summed E-state index contributed by atoms with van der Waals surface area (Å²) >= 11 is 0. The summed E-state index contributed by atoms with van der Waals surface area (Å²) in [6.45, 7) is -0.996. The summed E-state index contributed by atoms with van der Waals surface area (Å²) in [6.07, 6.45) is -2.15. The molecule has 17 heavy (non-hydrogen) atoms. The standard InChI is InChI=1S/C10H16F3N3O/c1-15-9(2-4-14-15)3-5-16(6-7-17)8-10(11,12)13/h2,4,17H,3,5-8H2,1H3. The normalized spacial score (nSPS) is 12.4. The largest absolute Gasteiger partial charge is 0.401 e. The van der Waals surface area contributed by atoms with Crippen molar-refractivity contribution in [2.45, 2.75) is 12.6 Å². The van der Waals surface area contributed by atoms with Gasteiger partial charge in [0.15, 0.2) is 0 Å². The van der Waals surface area contributed by atoms with Crippen LogP contribution in [-0.2, 0) is 13.5 Å². The van der Waals surface area contributed by atoms with Gasteiger partial charge >= 0.3 is 6.18 Å². The molecule has 1 aromatic heterocycles. The molecule has 0 aliphatic heterocycles. The Labute approximate surface area is 97.6 Å². The molecule has 1 N–H and O–H groups in total. The van der Waals surface area contributed by atoms with Crippen molar-refractivity contribution in [3.8, 4) is 0 Å². The number of halogens is 3. The van der Waals surface area contributed by atoms with Crippen molar-refractivity contribution in [1.82, 2.24) is 14.7 Å². The third-order valence-corrected chi connectivity index (χ3v) is 2.43. The summed E-state index contributed by atoms with van der Waals surface area (Å²) in [6, 6.07) is 1.77. The fourth-order valence-electron chi connectivity index (χ4n) is 1.58.